The van der Waals surface area contributed by atoms with E-state index in [1.807, 2.05) is 23.1 Å². The van der Waals surface area contributed by atoms with Crippen molar-refractivity contribution in [3.63, 3.8) is 0 Å². The average molecular weight is 833 g/mol. The topological polar surface area (TPSA) is 110 Å². The first-order valence-electron chi connectivity index (χ1n) is 23.1. The molecule has 0 aromatic heterocycles. The van der Waals surface area contributed by atoms with Gasteiger partial charge >= 0.3 is 0 Å². The van der Waals surface area contributed by atoms with Crippen LogP contribution in [0.5, 0.6) is 11.5 Å². The maximum Gasteiger partial charge on any atom is 0.239 e. The smallest absolute Gasteiger partial charge is 0.239 e. The Morgan fingerprint density at radius 2 is 1.67 bits per heavy atom. The number of ether oxygens (including phenoxy) is 3. The average Bonchev–Trinajstić information content (AvgIpc) is 3.25. The van der Waals surface area contributed by atoms with E-state index in [0.717, 1.165) is 68.2 Å². The molecule has 0 saturated heterocycles. The van der Waals surface area contributed by atoms with E-state index in [0.29, 0.717) is 49.3 Å². The van der Waals surface area contributed by atoms with Crippen LogP contribution in [0.2, 0.25) is 0 Å². The Kier molecular flexibility index (Phi) is 19.4. The Balaban J connectivity index is 1.59. The Labute approximate surface area is 359 Å². The fourth-order valence-electron chi connectivity index (χ4n) is 10.1. The van der Waals surface area contributed by atoms with Crippen molar-refractivity contribution in [2.24, 2.45) is 22.9 Å². The van der Waals surface area contributed by atoms with Crippen molar-refractivity contribution < 1.29 is 38.4 Å². The minimum atomic E-state index is -1.28. The molecule has 2 N–H and O–H groups in total. The van der Waals surface area contributed by atoms with Crippen LogP contribution in [0.3, 0.4) is 0 Å². The first kappa shape index (κ1) is 47.3. The molecule has 0 radical (unpaired) electrons. The third-order valence-electron chi connectivity index (χ3n) is 12.9. The fourth-order valence-corrected chi connectivity index (χ4v) is 10.1. The highest BCUT2D eigenvalue weighted by molar-refractivity contribution is 6.03. The summed E-state index contributed by atoms with van der Waals surface area (Å²) in [5.41, 5.74) is 3.22. The van der Waals surface area contributed by atoms with Crippen LogP contribution in [0.4, 0.5) is 4.39 Å². The van der Waals surface area contributed by atoms with E-state index < -0.39 is 11.8 Å². The van der Waals surface area contributed by atoms with Crippen LogP contribution in [-0.4, -0.2) is 72.0 Å². The van der Waals surface area contributed by atoms with Gasteiger partial charge in [0.2, 0.25) is 11.7 Å². The van der Waals surface area contributed by atoms with Crippen LogP contribution >= 0.6 is 0 Å². The molecular formula is C50H73FN2O7. The lowest BCUT2D eigenvalue weighted by molar-refractivity contribution is -0.257. The highest BCUT2D eigenvalue weighted by Gasteiger charge is 2.65. The van der Waals surface area contributed by atoms with Crippen LogP contribution in [0.1, 0.15) is 146 Å². The van der Waals surface area contributed by atoms with E-state index in [-0.39, 0.29) is 61.8 Å². The van der Waals surface area contributed by atoms with Crippen LogP contribution in [-0.2, 0) is 21.0 Å². The molecule has 2 aromatic rings. The Hall–Kier alpha value is -3.73. The summed E-state index contributed by atoms with van der Waals surface area (Å²) in [6.07, 6.45) is 21.0. The zero-order valence-corrected chi connectivity index (χ0v) is 36.8. The summed E-state index contributed by atoms with van der Waals surface area (Å²) in [5, 5.41) is 24.5. The first-order valence-corrected chi connectivity index (χ1v) is 23.1. The summed E-state index contributed by atoms with van der Waals surface area (Å²) in [6.45, 7) is 9.45. The van der Waals surface area contributed by atoms with Crippen molar-refractivity contribution in [1.29, 1.82) is 0 Å². The number of hydrogen-bond acceptors (Lipinski definition) is 8. The molecule has 6 atom stereocenters. The van der Waals surface area contributed by atoms with E-state index in [1.54, 1.807) is 31.4 Å². The van der Waals surface area contributed by atoms with Crippen molar-refractivity contribution in [2.75, 3.05) is 33.5 Å². The standard InChI is InChI=1S/C50H73FN2O7/c1-5-8-9-10-11-12-13-14-15-26-47(56)53(29-6-2)46-35-44(52-57-4)41-33-37(22-18-20-30-54)40(24-19-21-31-55)48-42-34-39(58-36-38-23-16-17-25-43(38)51)27-28-45(42)60-50(46,49(41)48)59-32-7-3/h7,16-17,23,25,27-28,33-34,37,40,46,48-49,54-55H,3,5-6,8-15,18-22,24,26,29-32,35-36H2,1-2,4H3. The first-order chi connectivity index (χ1) is 29.4. The monoisotopic (exact) mass is 833 g/mol. The number of amides is 1. The summed E-state index contributed by atoms with van der Waals surface area (Å²) in [6, 6.07) is 12.0. The van der Waals surface area contributed by atoms with E-state index >= 15 is 0 Å². The number of hydrogen-bond donors (Lipinski definition) is 2. The third kappa shape index (κ3) is 11.8. The molecule has 10 heteroatoms. The molecule has 1 saturated carbocycles. The lowest BCUT2D eigenvalue weighted by Gasteiger charge is -2.60. The number of oxime groups is 1. The van der Waals surface area contributed by atoms with Crippen molar-refractivity contribution in [1.82, 2.24) is 4.90 Å². The second kappa shape index (κ2) is 24.6. The molecule has 332 valence electrons. The molecule has 5 rings (SSSR count). The Morgan fingerprint density at radius 3 is 2.35 bits per heavy atom. The van der Waals surface area contributed by atoms with Gasteiger partial charge in [0.25, 0.3) is 0 Å². The molecule has 60 heavy (non-hydrogen) atoms. The van der Waals surface area contributed by atoms with Crippen molar-refractivity contribution in [3.8, 4) is 11.5 Å². The van der Waals surface area contributed by atoms with Gasteiger partial charge in [-0.15, -0.1) is 6.58 Å². The van der Waals surface area contributed by atoms with Gasteiger partial charge in [-0.1, -0.05) is 114 Å². The van der Waals surface area contributed by atoms with Gasteiger partial charge in [-0.3, -0.25) is 4.79 Å². The zero-order valence-electron chi connectivity index (χ0n) is 36.8. The van der Waals surface area contributed by atoms with Gasteiger partial charge in [-0.25, -0.2) is 4.39 Å². The quantitative estimate of drug-likeness (QED) is 0.0499. The van der Waals surface area contributed by atoms with Gasteiger partial charge in [-0.05, 0) is 80.2 Å². The van der Waals surface area contributed by atoms with Crippen LogP contribution in [0, 0.1) is 23.6 Å². The largest absolute Gasteiger partial charge is 0.489 e. The van der Waals surface area contributed by atoms with Crippen LogP contribution in [0.15, 0.2) is 71.9 Å². The molecule has 1 heterocycles. The molecule has 0 bridgehead atoms. The molecule has 3 aliphatic rings. The number of nitrogens with zero attached hydrogens (tertiary/aromatic N) is 2. The number of carbonyl (C=O) groups is 1. The van der Waals surface area contributed by atoms with Gasteiger partial charge in [-0.2, -0.15) is 0 Å². The molecule has 1 aliphatic heterocycles. The molecule has 1 amide bonds. The van der Waals surface area contributed by atoms with Crippen molar-refractivity contribution >= 4 is 11.6 Å². The van der Waals surface area contributed by atoms with Crippen molar-refractivity contribution in [2.45, 2.75) is 154 Å². The van der Waals surface area contributed by atoms with E-state index in [4.69, 9.17) is 24.2 Å². The van der Waals surface area contributed by atoms with Gasteiger partial charge in [0.15, 0.2) is 0 Å². The number of benzene rings is 2. The lowest BCUT2D eigenvalue weighted by atomic mass is 9.55. The maximum atomic E-state index is 14.7. The van der Waals surface area contributed by atoms with Crippen molar-refractivity contribution in [3.05, 3.63) is 83.7 Å². The number of unbranched alkanes of at least 4 members (excludes halogenated alkanes) is 10. The number of fused-ring (bicyclic) bond motifs is 2. The van der Waals surface area contributed by atoms with E-state index in [9.17, 15) is 19.4 Å². The molecule has 1 fully saturated rings. The van der Waals surface area contributed by atoms with Crippen LogP contribution in [0.25, 0.3) is 0 Å². The fraction of sp³-hybridized carbons (Fsp3) is 0.640. The lowest BCUT2D eigenvalue weighted by Crippen LogP contribution is -2.70. The summed E-state index contributed by atoms with van der Waals surface area (Å²) in [7, 11) is 1.57. The Morgan fingerprint density at radius 1 is 0.950 bits per heavy atom. The molecule has 2 aliphatic carbocycles. The number of aliphatic hydroxyl groups is 2. The third-order valence-corrected chi connectivity index (χ3v) is 12.9. The van der Waals surface area contributed by atoms with Crippen LogP contribution < -0.4 is 9.47 Å². The number of rotatable bonds is 28. The van der Waals surface area contributed by atoms with E-state index in [2.05, 4.69) is 26.5 Å². The number of carbonyl (C=O) groups excluding carboxylic acids is 1. The number of aliphatic hydroxyl groups excluding tert-OH is 2. The molecule has 2 aromatic carbocycles. The predicted molar refractivity (Wildman–Crippen MR) is 237 cm³/mol. The number of halogens is 1. The van der Waals surface area contributed by atoms with Gasteiger partial charge < -0.3 is 34.2 Å². The zero-order chi connectivity index (χ0) is 42.7. The van der Waals surface area contributed by atoms with Gasteiger partial charge in [0.1, 0.15) is 37.1 Å². The SMILES string of the molecule is C=CCOC12Oc3ccc(OCc4ccccc4F)cc3C3C(CCCCO)C(CCCCO)C=C(C(=NOC)CC1N(CCC)C(=O)CCCCCCCCCCC)C32. The summed E-state index contributed by atoms with van der Waals surface area (Å²) in [5.74, 6) is -0.561. The summed E-state index contributed by atoms with van der Waals surface area (Å²) in [4.78, 5) is 22.2. The number of allylic oxidation sites excluding steroid dienone is 1. The second-order valence-electron chi connectivity index (χ2n) is 17.0. The molecular weight excluding hydrogens is 760 g/mol. The second-order valence-corrected chi connectivity index (χ2v) is 17.0. The normalized spacial score (nSPS) is 23.6. The van der Waals surface area contributed by atoms with E-state index in [1.165, 1.54) is 44.6 Å². The predicted octanol–water partition coefficient (Wildman–Crippen LogP) is 10.8. The molecule has 0 spiro atoms. The minimum absolute atomic E-state index is 0.0709. The van der Waals surface area contributed by atoms with Gasteiger partial charge in [0, 0.05) is 49.6 Å². The van der Waals surface area contributed by atoms with Gasteiger partial charge in [0.05, 0.1) is 18.2 Å². The highest BCUT2D eigenvalue weighted by atomic mass is 19.1. The summed E-state index contributed by atoms with van der Waals surface area (Å²) < 4.78 is 35.4. The highest BCUT2D eigenvalue weighted by Crippen LogP contribution is 2.62. The maximum absolute atomic E-state index is 14.7. The minimum Gasteiger partial charge on any atom is -0.489 e. The molecule has 9 nitrogen and oxygen atoms in total. The molecule has 6 unspecified atom stereocenters. The summed E-state index contributed by atoms with van der Waals surface area (Å²) >= 11 is 0. The Bertz CT molecular complexity index is 1700.